The molecule has 9 heteroatoms. The van der Waals surface area contributed by atoms with Gasteiger partial charge in [-0.25, -0.2) is 18.6 Å². The molecule has 6 nitrogen and oxygen atoms in total. The van der Waals surface area contributed by atoms with Gasteiger partial charge in [0, 0.05) is 30.6 Å². The largest absolute Gasteiger partial charge is 0.352 e. The molecule has 3 amide bonds. The van der Waals surface area contributed by atoms with Crippen LogP contribution in [0.15, 0.2) is 46.9 Å². The number of nitrogens with zero attached hydrogens (tertiary/aromatic N) is 2. The fourth-order valence-corrected chi connectivity index (χ4v) is 3.08. The highest BCUT2D eigenvalue weighted by Crippen LogP contribution is 2.16. The average molecular weight is 437 g/mol. The summed E-state index contributed by atoms with van der Waals surface area (Å²) in [5, 5.41) is 4.16. The van der Waals surface area contributed by atoms with Crippen molar-refractivity contribution in [2.24, 2.45) is 5.73 Å². The van der Waals surface area contributed by atoms with Crippen molar-refractivity contribution in [3.8, 4) is 0 Å². The summed E-state index contributed by atoms with van der Waals surface area (Å²) in [7, 11) is 1.53. The van der Waals surface area contributed by atoms with Gasteiger partial charge in [0.2, 0.25) is 5.91 Å². The summed E-state index contributed by atoms with van der Waals surface area (Å²) < 4.78 is 26.9. The lowest BCUT2D eigenvalue weighted by atomic mass is 10.0. The first-order valence-electron chi connectivity index (χ1n) is 9.31. The number of carbonyl (C=O) groups is 2. The standard InChI is InChI=1S/C19H20F2N4O2S.C2H6/c1-3-4-16(9-15-10-28-11-23-15)25(2)18(26)17(24-19(22)27)7-12-5-13(20)8-14(21)6-12;1-2/h3-6,8-11,17H,7H2,1-2H3,(H3,22,24,27);1-2H3/b4-3-,16-9+;. The molecule has 0 saturated carbocycles. The smallest absolute Gasteiger partial charge is 0.312 e. The number of rotatable bonds is 7. The maximum absolute atomic E-state index is 13.5. The zero-order valence-electron chi connectivity index (χ0n) is 17.4. The number of halogens is 2. The lowest BCUT2D eigenvalue weighted by molar-refractivity contribution is -0.129. The van der Waals surface area contributed by atoms with E-state index < -0.39 is 29.6 Å². The van der Waals surface area contributed by atoms with Crippen LogP contribution < -0.4 is 11.1 Å². The number of urea groups is 1. The summed E-state index contributed by atoms with van der Waals surface area (Å²) >= 11 is 1.41. The minimum atomic E-state index is -1.10. The van der Waals surface area contributed by atoms with Crippen molar-refractivity contribution in [3.63, 3.8) is 0 Å². The van der Waals surface area contributed by atoms with Crippen LogP contribution in [0.5, 0.6) is 0 Å². The van der Waals surface area contributed by atoms with E-state index >= 15 is 0 Å². The quantitative estimate of drug-likeness (QED) is 0.641. The Hall–Kier alpha value is -3.07. The molecule has 30 heavy (non-hydrogen) atoms. The molecule has 0 saturated heterocycles. The summed E-state index contributed by atoms with van der Waals surface area (Å²) in [4.78, 5) is 29.8. The van der Waals surface area contributed by atoms with Crippen LogP contribution in [0.2, 0.25) is 0 Å². The molecule has 1 aromatic heterocycles. The Labute approximate surface area is 179 Å². The lowest BCUT2D eigenvalue weighted by Crippen LogP contribution is -2.49. The van der Waals surface area contributed by atoms with E-state index in [9.17, 15) is 18.4 Å². The Morgan fingerprint density at radius 2 is 1.90 bits per heavy atom. The van der Waals surface area contributed by atoms with E-state index in [2.05, 4.69) is 10.3 Å². The van der Waals surface area contributed by atoms with Gasteiger partial charge in [0.05, 0.1) is 11.2 Å². The molecular weight excluding hydrogens is 410 g/mol. The normalized spacial score (nSPS) is 12.1. The fraction of sp³-hybridized carbons (Fsp3) is 0.286. The van der Waals surface area contributed by atoms with Crippen LogP contribution in [0.4, 0.5) is 13.6 Å². The summed E-state index contributed by atoms with van der Waals surface area (Å²) in [5.41, 5.74) is 8.26. The van der Waals surface area contributed by atoms with Gasteiger partial charge in [-0.2, -0.15) is 0 Å². The number of allylic oxidation sites excluding steroid dienone is 2. The van der Waals surface area contributed by atoms with Gasteiger partial charge < -0.3 is 16.0 Å². The second-order valence-corrected chi connectivity index (χ2v) is 6.64. The number of benzene rings is 1. The van der Waals surface area contributed by atoms with Gasteiger partial charge in [-0.15, -0.1) is 11.3 Å². The van der Waals surface area contributed by atoms with E-state index in [0.717, 1.165) is 18.2 Å². The predicted octanol–water partition coefficient (Wildman–Crippen LogP) is 4.10. The molecule has 1 atom stereocenters. The maximum Gasteiger partial charge on any atom is 0.312 e. The lowest BCUT2D eigenvalue weighted by Gasteiger charge is -2.25. The number of nitrogens with one attached hydrogen (secondary N) is 1. The molecule has 1 aromatic carbocycles. The van der Waals surface area contributed by atoms with Crippen molar-refractivity contribution in [2.45, 2.75) is 33.2 Å². The number of hydrogen-bond acceptors (Lipinski definition) is 4. The van der Waals surface area contributed by atoms with Gasteiger partial charge in [0.15, 0.2) is 0 Å². The number of likely N-dealkylation sites (N-methyl/N-ethyl adjacent to an activating group) is 1. The molecule has 0 aliphatic rings. The first kappa shape index (κ1) is 25.0. The zero-order valence-corrected chi connectivity index (χ0v) is 18.2. The number of nitrogens with two attached hydrogens (primary N) is 1. The molecule has 2 aromatic rings. The van der Waals surface area contributed by atoms with Crippen LogP contribution >= 0.6 is 11.3 Å². The number of thiazole rings is 1. The van der Waals surface area contributed by atoms with Crippen LogP contribution in [0, 0.1) is 11.6 Å². The Balaban J connectivity index is 0.00000218. The third-order valence-corrected chi connectivity index (χ3v) is 4.38. The number of hydrogen-bond donors (Lipinski definition) is 2. The summed E-state index contributed by atoms with van der Waals surface area (Å²) in [6.45, 7) is 5.79. The number of amides is 3. The number of primary amides is 1. The van der Waals surface area contributed by atoms with Crippen molar-refractivity contribution >= 4 is 29.4 Å². The zero-order chi connectivity index (χ0) is 22.7. The first-order valence-corrected chi connectivity index (χ1v) is 10.3. The van der Waals surface area contributed by atoms with Gasteiger partial charge in [0.1, 0.15) is 17.7 Å². The third-order valence-electron chi connectivity index (χ3n) is 3.78. The molecule has 1 heterocycles. The van der Waals surface area contributed by atoms with Crippen molar-refractivity contribution in [2.75, 3.05) is 7.05 Å². The van der Waals surface area contributed by atoms with E-state index in [1.807, 2.05) is 19.2 Å². The molecule has 2 rings (SSSR count). The van der Waals surface area contributed by atoms with Gasteiger partial charge in [0.25, 0.3) is 0 Å². The highest BCUT2D eigenvalue weighted by molar-refractivity contribution is 7.07. The Kier molecular flexibility index (Phi) is 10.4. The van der Waals surface area contributed by atoms with Crippen molar-refractivity contribution < 1.29 is 18.4 Å². The summed E-state index contributed by atoms with van der Waals surface area (Å²) in [6, 6.07) is 0.912. The van der Waals surface area contributed by atoms with Crippen LogP contribution in [-0.4, -0.2) is 34.9 Å². The first-order chi connectivity index (χ1) is 14.3. The Morgan fingerprint density at radius 3 is 2.40 bits per heavy atom. The second-order valence-electron chi connectivity index (χ2n) is 5.92. The third kappa shape index (κ3) is 7.75. The molecular formula is C21H26F2N4O2S. The monoisotopic (exact) mass is 436 g/mol. The highest BCUT2D eigenvalue weighted by Gasteiger charge is 2.25. The summed E-state index contributed by atoms with van der Waals surface area (Å²) in [6.07, 6.45) is 5.04. The second kappa shape index (κ2) is 12.5. The molecule has 0 spiro atoms. The Bertz CT molecular complexity index is 878. The van der Waals surface area contributed by atoms with Crippen LogP contribution in [0.3, 0.4) is 0 Å². The highest BCUT2D eigenvalue weighted by atomic mass is 32.1. The van der Waals surface area contributed by atoms with Gasteiger partial charge in [-0.05, 0) is 36.8 Å². The minimum absolute atomic E-state index is 0.124. The molecule has 0 fully saturated rings. The fourth-order valence-electron chi connectivity index (χ4n) is 2.57. The van der Waals surface area contributed by atoms with E-state index in [1.165, 1.54) is 23.3 Å². The van der Waals surface area contributed by atoms with Crippen molar-refractivity contribution in [1.82, 2.24) is 15.2 Å². The summed E-state index contributed by atoms with van der Waals surface area (Å²) in [5.74, 6) is -2.04. The van der Waals surface area contributed by atoms with Gasteiger partial charge in [-0.3, -0.25) is 4.79 Å². The SMILES string of the molecule is C/C=C\C(=C/c1cscn1)N(C)C(=O)C(Cc1cc(F)cc(F)c1)NC(N)=O.CC. The van der Waals surface area contributed by atoms with Crippen molar-refractivity contribution in [3.05, 3.63) is 69.8 Å². The van der Waals surface area contributed by atoms with Crippen molar-refractivity contribution in [1.29, 1.82) is 0 Å². The van der Waals surface area contributed by atoms with E-state index in [4.69, 9.17) is 5.73 Å². The maximum atomic E-state index is 13.5. The van der Waals surface area contributed by atoms with E-state index in [-0.39, 0.29) is 12.0 Å². The Morgan fingerprint density at radius 1 is 1.27 bits per heavy atom. The van der Waals surface area contributed by atoms with Crippen LogP contribution in [0.25, 0.3) is 6.08 Å². The van der Waals surface area contributed by atoms with Gasteiger partial charge in [-0.1, -0.05) is 19.9 Å². The molecule has 0 radical (unpaired) electrons. The number of carbonyl (C=O) groups excluding carboxylic acids is 2. The molecule has 162 valence electrons. The van der Waals surface area contributed by atoms with Crippen LogP contribution in [-0.2, 0) is 11.2 Å². The van der Waals surface area contributed by atoms with E-state index in [1.54, 1.807) is 30.7 Å². The molecule has 3 N–H and O–H groups in total. The molecule has 0 aliphatic carbocycles. The topological polar surface area (TPSA) is 88.3 Å². The number of aromatic nitrogens is 1. The predicted molar refractivity (Wildman–Crippen MR) is 116 cm³/mol. The molecule has 0 aliphatic heterocycles. The van der Waals surface area contributed by atoms with E-state index in [0.29, 0.717) is 11.4 Å². The minimum Gasteiger partial charge on any atom is -0.352 e. The average Bonchev–Trinajstić information content (AvgIpc) is 3.19. The van der Waals surface area contributed by atoms with Gasteiger partial charge >= 0.3 is 6.03 Å². The van der Waals surface area contributed by atoms with Crippen LogP contribution in [0.1, 0.15) is 32.0 Å². The molecule has 0 bridgehead atoms. The molecule has 1 unspecified atom stereocenters.